The van der Waals surface area contributed by atoms with E-state index < -0.39 is 0 Å². The summed E-state index contributed by atoms with van der Waals surface area (Å²) in [6.45, 7) is 3.15. The Morgan fingerprint density at radius 1 is 1.25 bits per heavy atom. The third kappa shape index (κ3) is 3.40. The fourth-order valence-corrected chi connectivity index (χ4v) is 2.43. The van der Waals surface area contributed by atoms with E-state index in [1.807, 2.05) is 32.0 Å². The van der Waals surface area contributed by atoms with Crippen molar-refractivity contribution in [2.24, 2.45) is 0 Å². The molecule has 0 aliphatic carbocycles. The van der Waals surface area contributed by atoms with Gasteiger partial charge >= 0.3 is 0 Å². The average molecular weight is 328 g/mol. The number of amides is 1. The second-order valence-electron chi connectivity index (χ2n) is 5.71. The van der Waals surface area contributed by atoms with Gasteiger partial charge in [0.25, 0.3) is 5.91 Å². The van der Waals surface area contributed by atoms with E-state index in [-0.39, 0.29) is 5.91 Å². The number of carbonyl (C=O) groups is 1. The molecule has 0 saturated heterocycles. The van der Waals surface area contributed by atoms with Crippen molar-refractivity contribution in [3.8, 4) is 11.5 Å². The molecule has 7 heteroatoms. The van der Waals surface area contributed by atoms with Crippen molar-refractivity contribution in [3.05, 3.63) is 41.2 Å². The molecule has 24 heavy (non-hydrogen) atoms. The number of hydrogen-bond acceptors (Lipinski definition) is 6. The minimum atomic E-state index is -0.222. The van der Waals surface area contributed by atoms with Crippen LogP contribution in [0, 0.1) is 6.92 Å². The Hall–Kier alpha value is -2.83. The molecule has 3 rings (SSSR count). The summed E-state index contributed by atoms with van der Waals surface area (Å²) in [5, 5.41) is 2.88. The predicted octanol–water partition coefficient (Wildman–Crippen LogP) is 1.55. The Morgan fingerprint density at radius 3 is 2.83 bits per heavy atom. The number of ether oxygens (including phenoxy) is 2. The van der Waals surface area contributed by atoms with Gasteiger partial charge in [0.2, 0.25) is 5.95 Å². The van der Waals surface area contributed by atoms with Crippen LogP contribution in [0.25, 0.3) is 0 Å². The largest absolute Gasteiger partial charge is 0.486 e. The topological polar surface area (TPSA) is 76.6 Å². The molecule has 0 radical (unpaired) electrons. The van der Waals surface area contributed by atoms with Crippen LogP contribution in [-0.2, 0) is 6.54 Å². The third-order valence-electron chi connectivity index (χ3n) is 3.54. The van der Waals surface area contributed by atoms with Crippen LogP contribution in [0.4, 0.5) is 5.95 Å². The molecule has 0 atom stereocenters. The second kappa shape index (κ2) is 6.74. The van der Waals surface area contributed by atoms with Gasteiger partial charge < -0.3 is 19.7 Å². The lowest BCUT2D eigenvalue weighted by Gasteiger charge is -2.20. The number of hydrogen-bond donors (Lipinski definition) is 1. The van der Waals surface area contributed by atoms with Crippen molar-refractivity contribution in [2.75, 3.05) is 32.2 Å². The van der Waals surface area contributed by atoms with E-state index in [1.54, 1.807) is 18.2 Å². The van der Waals surface area contributed by atoms with E-state index in [4.69, 9.17) is 9.47 Å². The summed E-state index contributed by atoms with van der Waals surface area (Å²) < 4.78 is 11.1. The van der Waals surface area contributed by atoms with E-state index in [0.717, 1.165) is 11.4 Å². The molecule has 0 fully saturated rings. The lowest BCUT2D eigenvalue weighted by atomic mass is 10.1. The molecule has 2 aromatic rings. The molecule has 7 nitrogen and oxygen atoms in total. The smallest absolute Gasteiger partial charge is 0.255 e. The van der Waals surface area contributed by atoms with Crippen molar-refractivity contribution in [2.45, 2.75) is 13.5 Å². The SMILES string of the molecule is Cc1cc(CNC(=O)c2cccc3c2OCCO3)nc(N(C)C)n1. The zero-order chi connectivity index (χ0) is 17.1. The summed E-state index contributed by atoms with van der Waals surface area (Å²) in [7, 11) is 3.76. The molecule has 0 spiro atoms. The molecular weight excluding hydrogens is 308 g/mol. The van der Waals surface area contributed by atoms with Crippen LogP contribution in [0.2, 0.25) is 0 Å². The van der Waals surface area contributed by atoms with Gasteiger partial charge in [0.05, 0.1) is 17.8 Å². The number of aryl methyl sites for hydroxylation is 1. The number of anilines is 1. The molecule has 1 aliphatic rings. The summed E-state index contributed by atoms with van der Waals surface area (Å²) >= 11 is 0. The van der Waals surface area contributed by atoms with Gasteiger partial charge in [-0.3, -0.25) is 4.79 Å². The highest BCUT2D eigenvalue weighted by atomic mass is 16.6. The van der Waals surface area contributed by atoms with Gasteiger partial charge in [0.1, 0.15) is 13.2 Å². The van der Waals surface area contributed by atoms with Gasteiger partial charge in [0.15, 0.2) is 11.5 Å². The molecule has 0 bridgehead atoms. The highest BCUT2D eigenvalue weighted by Gasteiger charge is 2.20. The highest BCUT2D eigenvalue weighted by molar-refractivity contribution is 5.97. The van der Waals surface area contributed by atoms with E-state index in [2.05, 4.69) is 15.3 Å². The second-order valence-corrected chi connectivity index (χ2v) is 5.71. The summed E-state index contributed by atoms with van der Waals surface area (Å²) in [5.41, 5.74) is 2.07. The highest BCUT2D eigenvalue weighted by Crippen LogP contribution is 2.33. The number of benzene rings is 1. The normalized spacial score (nSPS) is 12.6. The first-order valence-corrected chi connectivity index (χ1v) is 7.73. The number of para-hydroxylation sites is 1. The lowest BCUT2D eigenvalue weighted by Crippen LogP contribution is -2.26. The van der Waals surface area contributed by atoms with E-state index in [0.29, 0.717) is 42.8 Å². The molecule has 1 N–H and O–H groups in total. The first-order chi connectivity index (χ1) is 11.5. The van der Waals surface area contributed by atoms with Gasteiger partial charge in [-0.1, -0.05) is 6.07 Å². The molecule has 126 valence electrons. The Bertz CT molecular complexity index is 761. The van der Waals surface area contributed by atoms with Gasteiger partial charge in [-0.15, -0.1) is 0 Å². The summed E-state index contributed by atoms with van der Waals surface area (Å²) in [6.07, 6.45) is 0. The zero-order valence-electron chi connectivity index (χ0n) is 14.0. The van der Waals surface area contributed by atoms with Crippen LogP contribution in [0.3, 0.4) is 0 Å². The van der Waals surface area contributed by atoms with Gasteiger partial charge in [-0.05, 0) is 25.1 Å². The van der Waals surface area contributed by atoms with Crippen molar-refractivity contribution in [1.82, 2.24) is 15.3 Å². The Kier molecular flexibility index (Phi) is 4.50. The van der Waals surface area contributed by atoms with Crippen LogP contribution in [0.5, 0.6) is 11.5 Å². The maximum atomic E-state index is 12.5. The van der Waals surface area contributed by atoms with Crippen molar-refractivity contribution >= 4 is 11.9 Å². The van der Waals surface area contributed by atoms with E-state index >= 15 is 0 Å². The Morgan fingerprint density at radius 2 is 2.04 bits per heavy atom. The van der Waals surface area contributed by atoms with Crippen molar-refractivity contribution < 1.29 is 14.3 Å². The number of fused-ring (bicyclic) bond motifs is 1. The number of nitrogens with zero attached hydrogens (tertiary/aromatic N) is 3. The van der Waals surface area contributed by atoms with Crippen LogP contribution < -0.4 is 19.7 Å². The quantitative estimate of drug-likeness (QED) is 0.918. The molecule has 1 aromatic heterocycles. The van der Waals surface area contributed by atoms with Crippen LogP contribution in [0.15, 0.2) is 24.3 Å². The van der Waals surface area contributed by atoms with Gasteiger partial charge in [0, 0.05) is 19.8 Å². The van der Waals surface area contributed by atoms with Crippen molar-refractivity contribution in [3.63, 3.8) is 0 Å². The lowest BCUT2D eigenvalue weighted by molar-refractivity contribution is 0.0939. The fourth-order valence-electron chi connectivity index (χ4n) is 2.43. The number of nitrogens with one attached hydrogen (secondary N) is 1. The standard InChI is InChI=1S/C17H20N4O3/c1-11-9-12(20-17(19-11)21(2)3)10-18-16(22)13-5-4-6-14-15(13)24-8-7-23-14/h4-6,9H,7-8,10H2,1-3H3,(H,18,22). The predicted molar refractivity (Wildman–Crippen MR) is 89.7 cm³/mol. The number of aromatic nitrogens is 2. The first kappa shape index (κ1) is 16.0. The molecular formula is C17H20N4O3. The Balaban J connectivity index is 1.75. The Labute approximate surface area is 140 Å². The number of carbonyl (C=O) groups excluding carboxylic acids is 1. The van der Waals surface area contributed by atoms with E-state index in [9.17, 15) is 4.79 Å². The third-order valence-corrected chi connectivity index (χ3v) is 3.54. The van der Waals surface area contributed by atoms with Gasteiger partial charge in [-0.25, -0.2) is 9.97 Å². The zero-order valence-corrected chi connectivity index (χ0v) is 14.0. The molecule has 0 unspecified atom stereocenters. The maximum absolute atomic E-state index is 12.5. The molecule has 0 saturated carbocycles. The summed E-state index contributed by atoms with van der Waals surface area (Å²) in [4.78, 5) is 23.1. The maximum Gasteiger partial charge on any atom is 0.255 e. The van der Waals surface area contributed by atoms with Crippen LogP contribution in [-0.4, -0.2) is 43.2 Å². The minimum absolute atomic E-state index is 0.222. The summed E-state index contributed by atoms with van der Waals surface area (Å²) in [6, 6.07) is 7.15. The van der Waals surface area contributed by atoms with Crippen molar-refractivity contribution in [1.29, 1.82) is 0 Å². The molecule has 1 aliphatic heterocycles. The minimum Gasteiger partial charge on any atom is -0.486 e. The summed E-state index contributed by atoms with van der Waals surface area (Å²) in [5.74, 6) is 1.49. The first-order valence-electron chi connectivity index (χ1n) is 7.73. The number of rotatable bonds is 4. The van der Waals surface area contributed by atoms with Gasteiger partial charge in [-0.2, -0.15) is 0 Å². The average Bonchev–Trinajstić information content (AvgIpc) is 2.58. The van der Waals surface area contributed by atoms with Crippen LogP contribution >= 0.6 is 0 Å². The molecule has 1 amide bonds. The fraction of sp³-hybridized carbons (Fsp3) is 0.353. The van der Waals surface area contributed by atoms with Crippen LogP contribution in [0.1, 0.15) is 21.7 Å². The monoisotopic (exact) mass is 328 g/mol. The molecule has 2 heterocycles. The van der Waals surface area contributed by atoms with E-state index in [1.165, 1.54) is 0 Å². The molecule has 1 aromatic carbocycles.